The van der Waals surface area contributed by atoms with Crippen molar-refractivity contribution < 1.29 is 19.2 Å². The van der Waals surface area contributed by atoms with Gasteiger partial charge in [0.2, 0.25) is 0 Å². The lowest BCUT2D eigenvalue weighted by Gasteiger charge is -2.38. The van der Waals surface area contributed by atoms with Gasteiger partial charge in [-0.25, -0.2) is 4.79 Å². The van der Waals surface area contributed by atoms with Gasteiger partial charge in [0.05, 0.1) is 16.6 Å². The van der Waals surface area contributed by atoms with E-state index in [1.807, 2.05) is 0 Å². The third-order valence-corrected chi connectivity index (χ3v) is 4.95. The standard InChI is InChI=1S/C18H21N3O5/c1-13-14(7-6-8-15(13)21(24)25)17(23)26-11-16(22)20(2)18(12-19)9-4-3-5-10-18/h6-8H,3-5,9-11H2,1-2H3. The molecule has 0 aliphatic heterocycles. The Balaban J connectivity index is 2.05. The summed E-state index contributed by atoms with van der Waals surface area (Å²) in [6.45, 7) is 0.941. The van der Waals surface area contributed by atoms with Gasteiger partial charge in [0.1, 0.15) is 5.54 Å². The minimum absolute atomic E-state index is 0.0438. The molecule has 1 aromatic rings. The summed E-state index contributed by atoms with van der Waals surface area (Å²) in [7, 11) is 1.54. The molecule has 2 rings (SSSR count). The number of benzene rings is 1. The molecule has 0 spiro atoms. The van der Waals surface area contributed by atoms with E-state index in [-0.39, 0.29) is 16.8 Å². The van der Waals surface area contributed by atoms with Crippen molar-refractivity contribution in [1.29, 1.82) is 5.26 Å². The third-order valence-electron chi connectivity index (χ3n) is 4.95. The summed E-state index contributed by atoms with van der Waals surface area (Å²) in [6, 6.07) is 6.34. The van der Waals surface area contributed by atoms with Crippen molar-refractivity contribution in [3.05, 3.63) is 39.4 Å². The van der Waals surface area contributed by atoms with Gasteiger partial charge in [-0.05, 0) is 25.8 Å². The molecule has 0 saturated heterocycles. The molecule has 0 heterocycles. The molecule has 1 aliphatic rings. The second-order valence-electron chi connectivity index (χ2n) is 6.44. The molecule has 0 bridgehead atoms. The second kappa shape index (κ2) is 7.95. The van der Waals surface area contributed by atoms with Gasteiger partial charge in [0.15, 0.2) is 6.61 Å². The van der Waals surface area contributed by atoms with Gasteiger partial charge in [-0.2, -0.15) is 5.26 Å². The number of amides is 1. The molecule has 0 unspecified atom stereocenters. The molecule has 1 aromatic carbocycles. The Morgan fingerprint density at radius 2 is 2.00 bits per heavy atom. The summed E-state index contributed by atoms with van der Waals surface area (Å²) < 4.78 is 5.04. The van der Waals surface area contributed by atoms with Gasteiger partial charge in [-0.15, -0.1) is 0 Å². The maximum Gasteiger partial charge on any atom is 0.339 e. The smallest absolute Gasteiger partial charge is 0.339 e. The number of ether oxygens (including phenoxy) is 1. The van der Waals surface area contributed by atoms with E-state index in [1.165, 1.54) is 30.0 Å². The van der Waals surface area contributed by atoms with Gasteiger partial charge < -0.3 is 9.64 Å². The Hall–Kier alpha value is -2.95. The van der Waals surface area contributed by atoms with Crippen molar-refractivity contribution in [1.82, 2.24) is 4.90 Å². The highest BCUT2D eigenvalue weighted by atomic mass is 16.6. The Morgan fingerprint density at radius 3 is 2.58 bits per heavy atom. The molecule has 0 aromatic heterocycles. The number of nitro groups is 1. The summed E-state index contributed by atoms with van der Waals surface area (Å²) in [5.41, 5.74) is -0.816. The first-order valence-corrected chi connectivity index (χ1v) is 8.41. The van der Waals surface area contributed by atoms with Crippen LogP contribution in [-0.4, -0.2) is 40.9 Å². The van der Waals surface area contributed by atoms with E-state index in [4.69, 9.17) is 4.74 Å². The number of hydrogen-bond acceptors (Lipinski definition) is 6. The number of nitriles is 1. The second-order valence-corrected chi connectivity index (χ2v) is 6.44. The summed E-state index contributed by atoms with van der Waals surface area (Å²) in [6.07, 6.45) is 3.98. The van der Waals surface area contributed by atoms with Crippen LogP contribution in [0.4, 0.5) is 5.69 Å². The number of hydrogen-bond donors (Lipinski definition) is 0. The number of nitrogens with zero attached hydrogens (tertiary/aromatic N) is 3. The molecule has 1 aliphatic carbocycles. The van der Waals surface area contributed by atoms with Gasteiger partial charge in [0, 0.05) is 18.7 Å². The molecule has 0 atom stereocenters. The van der Waals surface area contributed by atoms with E-state index in [9.17, 15) is 25.0 Å². The first kappa shape index (κ1) is 19.4. The fourth-order valence-electron chi connectivity index (χ4n) is 3.24. The Labute approximate surface area is 151 Å². The van der Waals surface area contributed by atoms with Crippen LogP contribution in [0.25, 0.3) is 0 Å². The normalized spacial score (nSPS) is 15.6. The number of rotatable bonds is 5. The molecule has 138 valence electrons. The van der Waals surface area contributed by atoms with Gasteiger partial charge in [-0.3, -0.25) is 14.9 Å². The largest absolute Gasteiger partial charge is 0.452 e. The van der Waals surface area contributed by atoms with E-state index in [0.717, 1.165) is 19.3 Å². The number of esters is 1. The Kier molecular flexibility index (Phi) is 5.93. The zero-order valence-corrected chi connectivity index (χ0v) is 14.9. The molecular weight excluding hydrogens is 338 g/mol. The molecule has 0 radical (unpaired) electrons. The van der Waals surface area contributed by atoms with Crippen LogP contribution in [0.3, 0.4) is 0 Å². The molecule has 1 fully saturated rings. The zero-order chi connectivity index (χ0) is 19.3. The van der Waals surface area contributed by atoms with Gasteiger partial charge >= 0.3 is 5.97 Å². The van der Waals surface area contributed by atoms with E-state index in [0.29, 0.717) is 12.8 Å². The van der Waals surface area contributed by atoms with Crippen LogP contribution < -0.4 is 0 Å². The lowest BCUT2D eigenvalue weighted by molar-refractivity contribution is -0.385. The van der Waals surface area contributed by atoms with Crippen LogP contribution in [0.1, 0.15) is 48.0 Å². The van der Waals surface area contributed by atoms with Crippen LogP contribution >= 0.6 is 0 Å². The summed E-state index contributed by atoms with van der Waals surface area (Å²) in [5, 5.41) is 20.5. The summed E-state index contributed by atoms with van der Waals surface area (Å²) in [4.78, 5) is 36.3. The Morgan fingerprint density at radius 1 is 1.35 bits per heavy atom. The molecule has 1 amide bonds. The first-order chi connectivity index (χ1) is 12.3. The highest BCUT2D eigenvalue weighted by Crippen LogP contribution is 2.32. The van der Waals surface area contributed by atoms with Crippen molar-refractivity contribution in [2.75, 3.05) is 13.7 Å². The predicted octanol–water partition coefficient (Wildman–Crippen LogP) is 2.74. The number of carbonyl (C=O) groups excluding carboxylic acids is 2. The number of carbonyl (C=O) groups is 2. The van der Waals surface area contributed by atoms with E-state index >= 15 is 0 Å². The van der Waals surface area contributed by atoms with Crippen molar-refractivity contribution >= 4 is 17.6 Å². The fourth-order valence-corrected chi connectivity index (χ4v) is 3.24. The van der Waals surface area contributed by atoms with E-state index in [1.54, 1.807) is 7.05 Å². The maximum atomic E-state index is 12.4. The highest BCUT2D eigenvalue weighted by Gasteiger charge is 2.39. The minimum atomic E-state index is -0.858. The van der Waals surface area contributed by atoms with E-state index < -0.39 is 28.9 Å². The topological polar surface area (TPSA) is 114 Å². The van der Waals surface area contributed by atoms with Crippen molar-refractivity contribution in [3.63, 3.8) is 0 Å². The van der Waals surface area contributed by atoms with Crippen LogP contribution in [0.5, 0.6) is 0 Å². The van der Waals surface area contributed by atoms with Crippen LogP contribution in [0.15, 0.2) is 18.2 Å². The Bertz CT molecular complexity index is 763. The average Bonchev–Trinajstić information content (AvgIpc) is 2.65. The molecule has 8 nitrogen and oxygen atoms in total. The molecule has 1 saturated carbocycles. The SMILES string of the molecule is Cc1c(C(=O)OCC(=O)N(C)C2(C#N)CCCCC2)cccc1[N+](=O)[O-]. The molecule has 8 heteroatoms. The van der Waals surface area contributed by atoms with Crippen molar-refractivity contribution in [2.24, 2.45) is 0 Å². The van der Waals surface area contributed by atoms with Crippen LogP contribution in [-0.2, 0) is 9.53 Å². The molecular formula is C18H21N3O5. The highest BCUT2D eigenvalue weighted by molar-refractivity contribution is 5.93. The maximum absolute atomic E-state index is 12.4. The van der Waals surface area contributed by atoms with Crippen molar-refractivity contribution in [2.45, 2.75) is 44.6 Å². The van der Waals surface area contributed by atoms with Gasteiger partial charge in [0.25, 0.3) is 11.6 Å². The lowest BCUT2D eigenvalue weighted by atomic mass is 9.81. The van der Waals surface area contributed by atoms with Crippen LogP contribution in [0.2, 0.25) is 0 Å². The minimum Gasteiger partial charge on any atom is -0.452 e. The summed E-state index contributed by atoms with van der Waals surface area (Å²) >= 11 is 0. The predicted molar refractivity (Wildman–Crippen MR) is 92.3 cm³/mol. The first-order valence-electron chi connectivity index (χ1n) is 8.41. The number of likely N-dealkylation sites (N-methyl/N-ethyl adjacent to an activating group) is 1. The average molecular weight is 359 g/mol. The fraction of sp³-hybridized carbons (Fsp3) is 0.500. The van der Waals surface area contributed by atoms with Crippen LogP contribution in [0, 0.1) is 28.4 Å². The van der Waals surface area contributed by atoms with E-state index in [2.05, 4.69) is 6.07 Å². The molecule has 26 heavy (non-hydrogen) atoms. The third kappa shape index (κ3) is 3.82. The van der Waals surface area contributed by atoms with Crippen molar-refractivity contribution in [3.8, 4) is 6.07 Å². The monoisotopic (exact) mass is 359 g/mol. The molecule has 0 N–H and O–H groups in total. The van der Waals surface area contributed by atoms with Gasteiger partial charge in [-0.1, -0.05) is 25.3 Å². The quantitative estimate of drug-likeness (QED) is 0.454. The summed E-state index contributed by atoms with van der Waals surface area (Å²) in [5.74, 6) is -1.27. The zero-order valence-electron chi connectivity index (χ0n) is 14.9. The lowest BCUT2D eigenvalue weighted by Crippen LogP contribution is -2.51. The number of nitro benzene ring substituents is 1.